The summed E-state index contributed by atoms with van der Waals surface area (Å²) in [6.45, 7) is 3.11. The summed E-state index contributed by atoms with van der Waals surface area (Å²) in [5.74, 6) is 0.990. The van der Waals surface area contributed by atoms with E-state index in [1.165, 1.54) is 5.57 Å². The van der Waals surface area contributed by atoms with Crippen LogP contribution in [0.15, 0.2) is 11.9 Å². The molecule has 0 amide bonds. The Balaban J connectivity index is 2.50. The van der Waals surface area contributed by atoms with Gasteiger partial charge in [-0.2, -0.15) is 5.10 Å². The third-order valence-corrected chi connectivity index (χ3v) is 1.74. The van der Waals surface area contributed by atoms with Crippen molar-refractivity contribution in [3.8, 4) is 0 Å². The monoisotopic (exact) mass is 135 g/mol. The molecule has 0 atom stereocenters. The number of allylic oxidation sites excluding steroid dienone is 1. The molecule has 0 radical (unpaired) electrons. The molecule has 0 unspecified atom stereocenters. The van der Waals surface area contributed by atoms with Gasteiger partial charge in [0.1, 0.15) is 6.33 Å². The van der Waals surface area contributed by atoms with E-state index in [1.54, 1.807) is 6.33 Å². The first-order valence-corrected chi connectivity index (χ1v) is 3.41. The molecule has 0 saturated heterocycles. The summed E-state index contributed by atoms with van der Waals surface area (Å²) >= 11 is 0. The van der Waals surface area contributed by atoms with E-state index in [0.29, 0.717) is 0 Å². The van der Waals surface area contributed by atoms with Gasteiger partial charge in [-0.1, -0.05) is 5.57 Å². The number of aryl methyl sites for hydroxylation is 1. The topological polar surface area (TPSA) is 30.7 Å². The van der Waals surface area contributed by atoms with E-state index < -0.39 is 0 Å². The van der Waals surface area contributed by atoms with Gasteiger partial charge >= 0.3 is 0 Å². The Morgan fingerprint density at radius 1 is 1.60 bits per heavy atom. The van der Waals surface area contributed by atoms with Crippen LogP contribution >= 0.6 is 0 Å². The lowest BCUT2D eigenvalue weighted by Gasteiger charge is -2.09. The highest BCUT2D eigenvalue weighted by Crippen LogP contribution is 2.13. The van der Waals surface area contributed by atoms with E-state index in [-0.39, 0.29) is 0 Å². The molecule has 3 heteroatoms. The van der Waals surface area contributed by atoms with Gasteiger partial charge in [0.25, 0.3) is 0 Å². The zero-order valence-corrected chi connectivity index (χ0v) is 5.91. The second kappa shape index (κ2) is 1.94. The molecule has 2 heterocycles. The van der Waals surface area contributed by atoms with E-state index in [2.05, 4.69) is 23.1 Å². The minimum Gasteiger partial charge on any atom is -0.246 e. The Bertz CT molecular complexity index is 272. The second-order valence-corrected chi connectivity index (χ2v) is 2.58. The molecule has 2 rings (SSSR count). The van der Waals surface area contributed by atoms with Gasteiger partial charge in [-0.3, -0.25) is 0 Å². The summed E-state index contributed by atoms with van der Waals surface area (Å²) in [5.41, 5.74) is 1.39. The van der Waals surface area contributed by atoms with Crippen molar-refractivity contribution in [2.75, 3.05) is 0 Å². The largest absolute Gasteiger partial charge is 0.246 e. The van der Waals surface area contributed by atoms with Crippen LogP contribution in [0.3, 0.4) is 0 Å². The summed E-state index contributed by atoms with van der Waals surface area (Å²) in [6.07, 6.45) is 4.79. The van der Waals surface area contributed by atoms with Gasteiger partial charge in [0.2, 0.25) is 0 Å². The Morgan fingerprint density at radius 3 is 3.40 bits per heavy atom. The van der Waals surface area contributed by atoms with Gasteiger partial charge in [0.05, 0.1) is 0 Å². The SMILES string of the molecule is CC1=Cc2ncnn2CC1. The molecule has 10 heavy (non-hydrogen) atoms. The second-order valence-electron chi connectivity index (χ2n) is 2.58. The van der Waals surface area contributed by atoms with Crippen LogP contribution in [0.1, 0.15) is 19.2 Å². The zero-order chi connectivity index (χ0) is 6.97. The molecule has 0 N–H and O–H groups in total. The van der Waals surface area contributed by atoms with Crippen LogP contribution in [0.2, 0.25) is 0 Å². The first-order valence-electron chi connectivity index (χ1n) is 3.41. The van der Waals surface area contributed by atoms with Crippen LogP contribution in [0.25, 0.3) is 6.08 Å². The number of hydrogen-bond donors (Lipinski definition) is 0. The number of fused-ring (bicyclic) bond motifs is 1. The van der Waals surface area contributed by atoms with Crippen LogP contribution in [-0.4, -0.2) is 14.8 Å². The minimum atomic E-state index is 0.984. The molecule has 1 aromatic heterocycles. The predicted molar refractivity (Wildman–Crippen MR) is 38.3 cm³/mol. The van der Waals surface area contributed by atoms with Crippen molar-refractivity contribution in [1.82, 2.24) is 14.8 Å². The van der Waals surface area contributed by atoms with Crippen molar-refractivity contribution in [2.24, 2.45) is 0 Å². The molecular weight excluding hydrogens is 126 g/mol. The summed E-state index contributed by atoms with van der Waals surface area (Å²) < 4.78 is 1.92. The smallest absolute Gasteiger partial charge is 0.150 e. The maximum Gasteiger partial charge on any atom is 0.150 e. The van der Waals surface area contributed by atoms with Crippen LogP contribution in [0, 0.1) is 0 Å². The Labute approximate surface area is 59.4 Å². The van der Waals surface area contributed by atoms with Crippen LogP contribution in [0.5, 0.6) is 0 Å². The molecule has 1 aliphatic rings. The number of hydrogen-bond acceptors (Lipinski definition) is 2. The summed E-state index contributed by atoms with van der Waals surface area (Å²) in [7, 11) is 0. The van der Waals surface area contributed by atoms with Crippen molar-refractivity contribution in [3.63, 3.8) is 0 Å². The van der Waals surface area contributed by atoms with Gasteiger partial charge in [0, 0.05) is 6.54 Å². The number of rotatable bonds is 0. The molecule has 1 aliphatic heterocycles. The zero-order valence-electron chi connectivity index (χ0n) is 5.91. The van der Waals surface area contributed by atoms with E-state index in [4.69, 9.17) is 0 Å². The Kier molecular flexibility index (Phi) is 1.09. The van der Waals surface area contributed by atoms with Crippen molar-refractivity contribution in [2.45, 2.75) is 19.9 Å². The summed E-state index contributed by atoms with van der Waals surface area (Å²) in [5, 5.41) is 4.05. The van der Waals surface area contributed by atoms with E-state index in [9.17, 15) is 0 Å². The average molecular weight is 135 g/mol. The summed E-state index contributed by atoms with van der Waals surface area (Å²) in [6, 6.07) is 0. The van der Waals surface area contributed by atoms with Crippen molar-refractivity contribution >= 4 is 6.08 Å². The molecule has 0 spiro atoms. The molecule has 1 aromatic rings. The lowest BCUT2D eigenvalue weighted by atomic mass is 10.1. The quantitative estimate of drug-likeness (QED) is 0.533. The summed E-state index contributed by atoms with van der Waals surface area (Å²) in [4.78, 5) is 4.08. The van der Waals surface area contributed by atoms with E-state index in [1.807, 2.05) is 4.68 Å². The lowest BCUT2D eigenvalue weighted by Crippen LogP contribution is -2.07. The van der Waals surface area contributed by atoms with Crippen molar-refractivity contribution in [1.29, 1.82) is 0 Å². The molecule has 0 bridgehead atoms. The minimum absolute atomic E-state index is 0.984. The standard InChI is InChI=1S/C7H9N3/c1-6-2-3-10-7(4-6)8-5-9-10/h4-5H,2-3H2,1H3. The molecule has 0 aromatic carbocycles. The number of aromatic nitrogens is 3. The fourth-order valence-electron chi connectivity index (χ4n) is 1.13. The highest BCUT2D eigenvalue weighted by atomic mass is 15.3. The van der Waals surface area contributed by atoms with Gasteiger partial charge in [-0.05, 0) is 19.4 Å². The van der Waals surface area contributed by atoms with Crippen LogP contribution in [0.4, 0.5) is 0 Å². The highest BCUT2D eigenvalue weighted by molar-refractivity contribution is 5.45. The van der Waals surface area contributed by atoms with Gasteiger partial charge in [-0.25, -0.2) is 9.67 Å². The third-order valence-electron chi connectivity index (χ3n) is 1.74. The average Bonchev–Trinajstić information content (AvgIpc) is 2.33. The van der Waals surface area contributed by atoms with Gasteiger partial charge < -0.3 is 0 Å². The third kappa shape index (κ3) is 0.744. The molecule has 3 nitrogen and oxygen atoms in total. The fourth-order valence-corrected chi connectivity index (χ4v) is 1.13. The van der Waals surface area contributed by atoms with E-state index in [0.717, 1.165) is 18.8 Å². The van der Waals surface area contributed by atoms with Gasteiger partial charge in [0.15, 0.2) is 5.82 Å². The van der Waals surface area contributed by atoms with Gasteiger partial charge in [-0.15, -0.1) is 0 Å². The van der Waals surface area contributed by atoms with Crippen LogP contribution < -0.4 is 0 Å². The maximum atomic E-state index is 4.08. The fraction of sp³-hybridized carbons (Fsp3) is 0.429. The van der Waals surface area contributed by atoms with Crippen LogP contribution in [-0.2, 0) is 6.54 Å². The predicted octanol–water partition coefficient (Wildman–Crippen LogP) is 1.09. The number of nitrogens with zero attached hydrogens (tertiary/aromatic N) is 3. The molecule has 52 valence electrons. The van der Waals surface area contributed by atoms with E-state index >= 15 is 0 Å². The Morgan fingerprint density at radius 2 is 2.50 bits per heavy atom. The Hall–Kier alpha value is -1.12. The van der Waals surface area contributed by atoms with Crippen molar-refractivity contribution in [3.05, 3.63) is 17.7 Å². The van der Waals surface area contributed by atoms with Crippen molar-refractivity contribution < 1.29 is 0 Å². The molecular formula is C7H9N3. The normalized spacial score (nSPS) is 16.3. The maximum absolute atomic E-state index is 4.08. The first kappa shape index (κ1) is 5.65. The molecule has 0 fully saturated rings. The highest BCUT2D eigenvalue weighted by Gasteiger charge is 2.06. The molecule has 0 saturated carbocycles. The lowest BCUT2D eigenvalue weighted by molar-refractivity contribution is 0.593. The first-order chi connectivity index (χ1) is 4.86. The molecule has 0 aliphatic carbocycles.